The van der Waals surface area contributed by atoms with Crippen LogP contribution in [-0.4, -0.2) is 37.1 Å². The van der Waals surface area contributed by atoms with Crippen molar-refractivity contribution < 1.29 is 0 Å². The van der Waals surface area contributed by atoms with E-state index in [0.717, 1.165) is 12.0 Å². The standard InChI is InChI=1S/C17H34N2/c1-4-12-18-13-17(10-8-15(3)9-11-17)14-19(5-2)16-6-7-16/h15-16,18H,4-14H2,1-3H3. The molecule has 2 aliphatic rings. The van der Waals surface area contributed by atoms with Crippen LogP contribution in [0.25, 0.3) is 0 Å². The first-order valence-electron chi connectivity index (χ1n) is 8.64. The van der Waals surface area contributed by atoms with Crippen LogP contribution in [-0.2, 0) is 0 Å². The van der Waals surface area contributed by atoms with E-state index in [2.05, 4.69) is 31.0 Å². The fraction of sp³-hybridized carbons (Fsp3) is 1.00. The van der Waals surface area contributed by atoms with Gasteiger partial charge in [-0.2, -0.15) is 0 Å². The predicted molar refractivity (Wildman–Crippen MR) is 83.5 cm³/mol. The molecule has 0 unspecified atom stereocenters. The summed E-state index contributed by atoms with van der Waals surface area (Å²) in [7, 11) is 0. The second kappa shape index (κ2) is 7.08. The fourth-order valence-electron chi connectivity index (χ4n) is 3.67. The van der Waals surface area contributed by atoms with Gasteiger partial charge in [-0.05, 0) is 56.5 Å². The third kappa shape index (κ3) is 4.46. The second-order valence-corrected chi connectivity index (χ2v) is 7.15. The van der Waals surface area contributed by atoms with Gasteiger partial charge in [-0.1, -0.05) is 33.6 Å². The SMILES string of the molecule is CCCNCC1(CN(CC)C2CC2)CCC(C)CC1. The molecule has 0 aromatic heterocycles. The summed E-state index contributed by atoms with van der Waals surface area (Å²) in [6.45, 7) is 12.1. The van der Waals surface area contributed by atoms with E-state index in [9.17, 15) is 0 Å². The first-order valence-corrected chi connectivity index (χ1v) is 8.64. The van der Waals surface area contributed by atoms with Crippen LogP contribution in [0.2, 0.25) is 0 Å². The fourth-order valence-corrected chi connectivity index (χ4v) is 3.67. The smallest absolute Gasteiger partial charge is 0.00965 e. The monoisotopic (exact) mass is 266 g/mol. The molecule has 2 saturated carbocycles. The highest BCUT2D eigenvalue weighted by molar-refractivity contribution is 4.93. The molecule has 0 aromatic rings. The van der Waals surface area contributed by atoms with Crippen molar-refractivity contribution in [1.29, 1.82) is 0 Å². The number of hydrogen-bond donors (Lipinski definition) is 1. The summed E-state index contributed by atoms with van der Waals surface area (Å²) < 4.78 is 0. The molecular weight excluding hydrogens is 232 g/mol. The van der Waals surface area contributed by atoms with Crippen LogP contribution < -0.4 is 5.32 Å². The van der Waals surface area contributed by atoms with Crippen LogP contribution in [0.1, 0.15) is 65.7 Å². The molecule has 2 rings (SSSR count). The van der Waals surface area contributed by atoms with Gasteiger partial charge in [0.05, 0.1) is 0 Å². The van der Waals surface area contributed by atoms with Gasteiger partial charge >= 0.3 is 0 Å². The average molecular weight is 266 g/mol. The third-order valence-electron chi connectivity index (χ3n) is 5.27. The first kappa shape index (κ1) is 15.3. The van der Waals surface area contributed by atoms with E-state index < -0.39 is 0 Å². The molecule has 0 aromatic carbocycles. The van der Waals surface area contributed by atoms with Crippen molar-refractivity contribution in [2.24, 2.45) is 11.3 Å². The largest absolute Gasteiger partial charge is 0.316 e. The van der Waals surface area contributed by atoms with Crippen molar-refractivity contribution in [1.82, 2.24) is 10.2 Å². The highest BCUT2D eigenvalue weighted by Gasteiger charge is 2.38. The predicted octanol–water partition coefficient (Wildman–Crippen LogP) is 3.67. The van der Waals surface area contributed by atoms with Gasteiger partial charge in [-0.3, -0.25) is 0 Å². The minimum Gasteiger partial charge on any atom is -0.316 e. The van der Waals surface area contributed by atoms with Crippen LogP contribution >= 0.6 is 0 Å². The normalized spacial score (nSPS) is 31.9. The first-order chi connectivity index (χ1) is 9.19. The molecule has 19 heavy (non-hydrogen) atoms. The van der Waals surface area contributed by atoms with E-state index in [1.807, 2.05) is 0 Å². The Morgan fingerprint density at radius 2 is 1.79 bits per heavy atom. The molecule has 0 atom stereocenters. The van der Waals surface area contributed by atoms with Crippen LogP contribution in [0.15, 0.2) is 0 Å². The van der Waals surface area contributed by atoms with Crippen LogP contribution in [0.5, 0.6) is 0 Å². The van der Waals surface area contributed by atoms with Crippen molar-refractivity contribution in [3.63, 3.8) is 0 Å². The zero-order valence-electron chi connectivity index (χ0n) is 13.4. The van der Waals surface area contributed by atoms with Gasteiger partial charge in [-0.15, -0.1) is 0 Å². The van der Waals surface area contributed by atoms with Crippen molar-refractivity contribution >= 4 is 0 Å². The van der Waals surface area contributed by atoms with E-state index >= 15 is 0 Å². The summed E-state index contributed by atoms with van der Waals surface area (Å²) in [5.41, 5.74) is 0.570. The minimum absolute atomic E-state index is 0.570. The Balaban J connectivity index is 1.92. The summed E-state index contributed by atoms with van der Waals surface area (Å²) in [4.78, 5) is 2.77. The molecule has 2 aliphatic carbocycles. The Labute approximate surface area is 120 Å². The van der Waals surface area contributed by atoms with E-state index in [0.29, 0.717) is 5.41 Å². The summed E-state index contributed by atoms with van der Waals surface area (Å²) in [6, 6.07) is 0.924. The van der Waals surface area contributed by atoms with Crippen LogP contribution in [0.4, 0.5) is 0 Å². The maximum absolute atomic E-state index is 3.72. The highest BCUT2D eigenvalue weighted by atomic mass is 15.2. The molecule has 2 heteroatoms. The van der Waals surface area contributed by atoms with Gasteiger partial charge in [0, 0.05) is 19.1 Å². The van der Waals surface area contributed by atoms with E-state index in [-0.39, 0.29) is 0 Å². The molecule has 0 bridgehead atoms. The Kier molecular flexibility index (Phi) is 5.70. The summed E-state index contributed by atoms with van der Waals surface area (Å²) in [5.74, 6) is 0.954. The number of nitrogens with zero attached hydrogens (tertiary/aromatic N) is 1. The zero-order chi connectivity index (χ0) is 13.7. The highest BCUT2D eigenvalue weighted by Crippen LogP contribution is 2.41. The van der Waals surface area contributed by atoms with Crippen molar-refractivity contribution in [2.75, 3.05) is 26.2 Å². The van der Waals surface area contributed by atoms with Crippen molar-refractivity contribution in [2.45, 2.75) is 71.8 Å². The van der Waals surface area contributed by atoms with Gasteiger partial charge in [0.25, 0.3) is 0 Å². The van der Waals surface area contributed by atoms with E-state index in [1.165, 1.54) is 71.1 Å². The number of hydrogen-bond acceptors (Lipinski definition) is 2. The molecule has 0 aliphatic heterocycles. The molecule has 0 heterocycles. The number of nitrogens with one attached hydrogen (secondary N) is 1. The molecular formula is C17H34N2. The third-order valence-corrected chi connectivity index (χ3v) is 5.27. The van der Waals surface area contributed by atoms with Crippen LogP contribution in [0.3, 0.4) is 0 Å². The Hall–Kier alpha value is -0.0800. The quantitative estimate of drug-likeness (QED) is 0.674. The summed E-state index contributed by atoms with van der Waals surface area (Å²) >= 11 is 0. The average Bonchev–Trinajstić information content (AvgIpc) is 3.24. The lowest BCUT2D eigenvalue weighted by atomic mass is 9.70. The second-order valence-electron chi connectivity index (χ2n) is 7.15. The zero-order valence-corrected chi connectivity index (χ0v) is 13.4. The van der Waals surface area contributed by atoms with Gasteiger partial charge in [0.2, 0.25) is 0 Å². The molecule has 2 fully saturated rings. The molecule has 0 saturated heterocycles. The van der Waals surface area contributed by atoms with Crippen molar-refractivity contribution in [3.05, 3.63) is 0 Å². The minimum atomic E-state index is 0.570. The maximum atomic E-state index is 3.72. The molecule has 2 nitrogen and oxygen atoms in total. The Morgan fingerprint density at radius 1 is 1.11 bits per heavy atom. The van der Waals surface area contributed by atoms with Gasteiger partial charge in [0.1, 0.15) is 0 Å². The Bertz CT molecular complexity index is 252. The topological polar surface area (TPSA) is 15.3 Å². The Morgan fingerprint density at radius 3 is 2.32 bits per heavy atom. The lowest BCUT2D eigenvalue weighted by Gasteiger charge is -2.43. The lowest BCUT2D eigenvalue weighted by Crippen LogP contribution is -2.47. The lowest BCUT2D eigenvalue weighted by molar-refractivity contribution is 0.0851. The van der Waals surface area contributed by atoms with Gasteiger partial charge < -0.3 is 10.2 Å². The molecule has 0 spiro atoms. The molecule has 1 N–H and O–H groups in total. The van der Waals surface area contributed by atoms with E-state index in [1.54, 1.807) is 0 Å². The van der Waals surface area contributed by atoms with Crippen LogP contribution in [0, 0.1) is 11.3 Å². The molecule has 0 radical (unpaired) electrons. The number of rotatable bonds is 8. The van der Waals surface area contributed by atoms with E-state index in [4.69, 9.17) is 0 Å². The maximum Gasteiger partial charge on any atom is 0.00965 e. The summed E-state index contributed by atoms with van der Waals surface area (Å²) in [6.07, 6.45) is 9.91. The molecule has 0 amide bonds. The summed E-state index contributed by atoms with van der Waals surface area (Å²) in [5, 5.41) is 3.72. The van der Waals surface area contributed by atoms with Crippen molar-refractivity contribution in [3.8, 4) is 0 Å². The molecule has 112 valence electrons. The van der Waals surface area contributed by atoms with Gasteiger partial charge in [0.15, 0.2) is 0 Å². The van der Waals surface area contributed by atoms with Gasteiger partial charge in [-0.25, -0.2) is 0 Å².